The fourth-order valence-corrected chi connectivity index (χ4v) is 2.97. The standard InChI is InChI=1S/C17H28N2O2/c1-14(20)19(12-10-15-6-3-2-4-7-15)13-11-18-17(21)16-8-5-9-16/h6,16H,2-5,7-13H2,1H3,(H,18,21). The van der Waals surface area contributed by atoms with Gasteiger partial charge in [-0.05, 0) is 44.9 Å². The number of rotatable bonds is 7. The Hall–Kier alpha value is -1.32. The van der Waals surface area contributed by atoms with Crippen LogP contribution in [0, 0.1) is 5.92 Å². The van der Waals surface area contributed by atoms with Crippen LogP contribution in [0.15, 0.2) is 11.6 Å². The third-order valence-electron chi connectivity index (χ3n) is 4.69. The summed E-state index contributed by atoms with van der Waals surface area (Å²) in [7, 11) is 0. The van der Waals surface area contributed by atoms with Crippen molar-refractivity contribution in [1.29, 1.82) is 0 Å². The lowest BCUT2D eigenvalue weighted by atomic mass is 9.85. The molecule has 0 saturated heterocycles. The van der Waals surface area contributed by atoms with Gasteiger partial charge in [-0.15, -0.1) is 0 Å². The van der Waals surface area contributed by atoms with Crippen LogP contribution in [0.3, 0.4) is 0 Å². The summed E-state index contributed by atoms with van der Waals surface area (Å²) >= 11 is 0. The molecule has 0 heterocycles. The zero-order valence-electron chi connectivity index (χ0n) is 13.2. The Morgan fingerprint density at radius 2 is 2.05 bits per heavy atom. The van der Waals surface area contributed by atoms with Crippen LogP contribution in [0.5, 0.6) is 0 Å². The summed E-state index contributed by atoms with van der Waals surface area (Å²) in [4.78, 5) is 25.3. The normalized spacial score (nSPS) is 18.6. The van der Waals surface area contributed by atoms with Crippen molar-refractivity contribution in [3.63, 3.8) is 0 Å². The van der Waals surface area contributed by atoms with Crippen molar-refractivity contribution in [1.82, 2.24) is 10.2 Å². The molecular weight excluding hydrogens is 264 g/mol. The molecule has 2 aliphatic rings. The van der Waals surface area contributed by atoms with Gasteiger partial charge in [0.1, 0.15) is 0 Å². The predicted octanol–water partition coefficient (Wildman–Crippen LogP) is 2.64. The zero-order valence-corrected chi connectivity index (χ0v) is 13.2. The highest BCUT2D eigenvalue weighted by Crippen LogP contribution is 2.26. The lowest BCUT2D eigenvalue weighted by Gasteiger charge is -2.26. The van der Waals surface area contributed by atoms with Gasteiger partial charge >= 0.3 is 0 Å². The van der Waals surface area contributed by atoms with Crippen molar-refractivity contribution in [2.24, 2.45) is 5.92 Å². The van der Waals surface area contributed by atoms with Gasteiger partial charge in [0.05, 0.1) is 0 Å². The predicted molar refractivity (Wildman–Crippen MR) is 83.8 cm³/mol. The minimum absolute atomic E-state index is 0.101. The summed E-state index contributed by atoms with van der Waals surface area (Å²) < 4.78 is 0. The first-order chi connectivity index (χ1) is 10.2. The minimum atomic E-state index is 0.101. The molecule has 0 aromatic carbocycles. The van der Waals surface area contributed by atoms with Gasteiger partial charge in [0, 0.05) is 32.5 Å². The Labute approximate surface area is 128 Å². The highest BCUT2D eigenvalue weighted by atomic mass is 16.2. The van der Waals surface area contributed by atoms with Crippen LogP contribution in [-0.4, -0.2) is 36.3 Å². The molecule has 2 aliphatic carbocycles. The zero-order chi connectivity index (χ0) is 15.1. The van der Waals surface area contributed by atoms with Crippen molar-refractivity contribution in [3.05, 3.63) is 11.6 Å². The second kappa shape index (κ2) is 8.20. The Kier molecular flexibility index (Phi) is 6.27. The molecule has 0 aliphatic heterocycles. The molecular formula is C17H28N2O2. The molecule has 1 saturated carbocycles. The summed E-state index contributed by atoms with van der Waals surface area (Å²) in [5.74, 6) is 0.493. The summed E-state index contributed by atoms with van der Waals surface area (Å²) in [6.45, 7) is 3.60. The highest BCUT2D eigenvalue weighted by molar-refractivity contribution is 5.79. The van der Waals surface area contributed by atoms with Crippen molar-refractivity contribution in [2.45, 2.75) is 58.3 Å². The van der Waals surface area contributed by atoms with E-state index in [-0.39, 0.29) is 17.7 Å². The van der Waals surface area contributed by atoms with Crippen LogP contribution in [-0.2, 0) is 9.59 Å². The van der Waals surface area contributed by atoms with E-state index in [1.807, 2.05) is 4.90 Å². The van der Waals surface area contributed by atoms with Crippen molar-refractivity contribution in [3.8, 4) is 0 Å². The molecule has 1 fully saturated rings. The molecule has 0 unspecified atom stereocenters. The second-order valence-electron chi connectivity index (χ2n) is 6.28. The van der Waals surface area contributed by atoms with E-state index in [0.29, 0.717) is 13.1 Å². The molecule has 4 nitrogen and oxygen atoms in total. The molecule has 0 bridgehead atoms. The van der Waals surface area contributed by atoms with Crippen molar-refractivity contribution < 1.29 is 9.59 Å². The van der Waals surface area contributed by atoms with E-state index in [9.17, 15) is 9.59 Å². The smallest absolute Gasteiger partial charge is 0.223 e. The highest BCUT2D eigenvalue weighted by Gasteiger charge is 2.24. The maximum atomic E-state index is 11.8. The van der Waals surface area contributed by atoms with Gasteiger partial charge in [-0.25, -0.2) is 0 Å². The summed E-state index contributed by atoms with van der Waals surface area (Å²) in [5, 5.41) is 2.96. The van der Waals surface area contributed by atoms with E-state index in [0.717, 1.165) is 25.8 Å². The van der Waals surface area contributed by atoms with Gasteiger partial charge in [0.2, 0.25) is 11.8 Å². The lowest BCUT2D eigenvalue weighted by Crippen LogP contribution is -2.41. The Morgan fingerprint density at radius 3 is 2.62 bits per heavy atom. The van der Waals surface area contributed by atoms with Crippen LogP contribution in [0.1, 0.15) is 58.3 Å². The van der Waals surface area contributed by atoms with Crippen molar-refractivity contribution >= 4 is 11.8 Å². The van der Waals surface area contributed by atoms with Gasteiger partial charge in [-0.3, -0.25) is 9.59 Å². The number of allylic oxidation sites excluding steroid dienone is 1. The van der Waals surface area contributed by atoms with Crippen LogP contribution in [0.25, 0.3) is 0 Å². The van der Waals surface area contributed by atoms with Crippen LogP contribution >= 0.6 is 0 Å². The van der Waals surface area contributed by atoms with Gasteiger partial charge in [-0.1, -0.05) is 18.1 Å². The van der Waals surface area contributed by atoms with Gasteiger partial charge in [0.25, 0.3) is 0 Å². The van der Waals surface area contributed by atoms with Gasteiger partial charge in [0.15, 0.2) is 0 Å². The van der Waals surface area contributed by atoms with Crippen LogP contribution in [0.4, 0.5) is 0 Å². The number of carbonyl (C=O) groups is 2. The van der Waals surface area contributed by atoms with Gasteiger partial charge in [-0.2, -0.15) is 0 Å². The average molecular weight is 292 g/mol. The molecule has 0 radical (unpaired) electrons. The fraction of sp³-hybridized carbons (Fsp3) is 0.765. The topological polar surface area (TPSA) is 49.4 Å². The molecule has 0 aromatic rings. The van der Waals surface area contributed by atoms with Crippen LogP contribution < -0.4 is 5.32 Å². The average Bonchev–Trinajstić information content (AvgIpc) is 2.41. The fourth-order valence-electron chi connectivity index (χ4n) is 2.97. The Balaban J connectivity index is 1.67. The maximum absolute atomic E-state index is 11.8. The summed E-state index contributed by atoms with van der Waals surface area (Å²) in [5.41, 5.74) is 1.49. The first-order valence-corrected chi connectivity index (χ1v) is 8.38. The minimum Gasteiger partial charge on any atom is -0.354 e. The molecule has 118 valence electrons. The van der Waals surface area contributed by atoms with E-state index in [1.165, 1.54) is 37.7 Å². The monoisotopic (exact) mass is 292 g/mol. The lowest BCUT2D eigenvalue weighted by molar-refractivity contribution is -0.130. The number of nitrogens with one attached hydrogen (secondary N) is 1. The third kappa shape index (κ3) is 5.18. The molecule has 0 aromatic heterocycles. The number of amides is 2. The molecule has 0 atom stereocenters. The maximum Gasteiger partial charge on any atom is 0.223 e. The first-order valence-electron chi connectivity index (χ1n) is 8.38. The summed E-state index contributed by atoms with van der Waals surface area (Å²) in [6.07, 6.45) is 11.5. The number of hydrogen-bond acceptors (Lipinski definition) is 2. The summed E-state index contributed by atoms with van der Waals surface area (Å²) in [6, 6.07) is 0. The van der Waals surface area contributed by atoms with E-state index >= 15 is 0 Å². The second-order valence-corrected chi connectivity index (χ2v) is 6.28. The molecule has 2 rings (SSSR count). The quantitative estimate of drug-likeness (QED) is 0.733. The van der Waals surface area contributed by atoms with Gasteiger partial charge < -0.3 is 10.2 Å². The van der Waals surface area contributed by atoms with E-state index in [4.69, 9.17) is 0 Å². The molecule has 4 heteroatoms. The van der Waals surface area contributed by atoms with Crippen molar-refractivity contribution in [2.75, 3.05) is 19.6 Å². The Morgan fingerprint density at radius 1 is 1.24 bits per heavy atom. The molecule has 2 amide bonds. The van der Waals surface area contributed by atoms with Crippen LogP contribution in [0.2, 0.25) is 0 Å². The molecule has 0 spiro atoms. The number of hydrogen-bond donors (Lipinski definition) is 1. The molecule has 1 N–H and O–H groups in total. The van der Waals surface area contributed by atoms with E-state index < -0.39 is 0 Å². The van der Waals surface area contributed by atoms with E-state index in [1.54, 1.807) is 6.92 Å². The molecule has 21 heavy (non-hydrogen) atoms. The third-order valence-corrected chi connectivity index (χ3v) is 4.69. The van der Waals surface area contributed by atoms with E-state index in [2.05, 4.69) is 11.4 Å². The number of carbonyl (C=O) groups excluding carboxylic acids is 2. The SMILES string of the molecule is CC(=O)N(CCNC(=O)C1CCC1)CCC1=CCCCC1. The largest absolute Gasteiger partial charge is 0.354 e. The number of nitrogens with zero attached hydrogens (tertiary/aromatic N) is 1. The Bertz CT molecular complexity index is 400. The first kappa shape index (κ1) is 16.1.